The van der Waals surface area contributed by atoms with E-state index in [-0.39, 0.29) is 41.0 Å². The van der Waals surface area contributed by atoms with Crippen molar-refractivity contribution in [1.29, 1.82) is 0 Å². The molecule has 1 amide bonds. The molecule has 1 atom stereocenters. The molecule has 0 radical (unpaired) electrons. The van der Waals surface area contributed by atoms with Gasteiger partial charge < -0.3 is 14.7 Å². The van der Waals surface area contributed by atoms with Gasteiger partial charge in [0, 0.05) is 24.2 Å². The summed E-state index contributed by atoms with van der Waals surface area (Å²) in [6.07, 6.45) is -0.687. The van der Waals surface area contributed by atoms with Gasteiger partial charge in [0.05, 0.1) is 5.56 Å². The molecule has 0 spiro atoms. The van der Waals surface area contributed by atoms with Crippen LogP contribution in [0.5, 0.6) is 5.75 Å². The molecule has 1 aliphatic rings. The zero-order valence-corrected chi connectivity index (χ0v) is 14.8. The normalized spacial score (nSPS) is 16.5. The van der Waals surface area contributed by atoms with E-state index in [4.69, 9.17) is 9.84 Å². The molecule has 0 aliphatic carbocycles. The van der Waals surface area contributed by atoms with Crippen molar-refractivity contribution in [3.63, 3.8) is 0 Å². The minimum Gasteiger partial charge on any atom is -0.480 e. The van der Waals surface area contributed by atoms with E-state index in [1.165, 1.54) is 35.2 Å². The third kappa shape index (κ3) is 3.81. The number of carboxylic acid groups (broad SMARTS) is 1. The number of ether oxygens (including phenoxy) is 1. The summed E-state index contributed by atoms with van der Waals surface area (Å²) in [5.41, 5.74) is 0.528. The van der Waals surface area contributed by atoms with Gasteiger partial charge in [-0.1, -0.05) is 6.07 Å². The van der Waals surface area contributed by atoms with Gasteiger partial charge in [-0.15, -0.1) is 0 Å². The molecule has 1 heterocycles. The zero-order valence-electron chi connectivity index (χ0n) is 14.8. The van der Waals surface area contributed by atoms with Crippen LogP contribution in [-0.2, 0) is 24.8 Å². The van der Waals surface area contributed by atoms with Crippen LogP contribution < -0.4 is 9.64 Å². The van der Waals surface area contributed by atoms with Crippen molar-refractivity contribution in [3.8, 4) is 5.75 Å². The first-order chi connectivity index (χ1) is 13.5. The molecule has 0 saturated carbocycles. The molecule has 2 aromatic rings. The highest BCUT2D eigenvalue weighted by atomic mass is 19.1. The number of hydrogen-bond donors (Lipinski definition) is 1. The molecule has 8 heteroatoms. The van der Waals surface area contributed by atoms with E-state index >= 15 is 0 Å². The number of benzene rings is 2. The predicted molar refractivity (Wildman–Crippen MR) is 95.7 cm³/mol. The molecule has 148 valence electrons. The molecule has 1 saturated heterocycles. The molecule has 1 unspecified atom stereocenters. The maximum absolute atomic E-state index is 13.4. The molecular weight excluding hydrogens is 375 g/mol. The van der Waals surface area contributed by atoms with Crippen LogP contribution in [0.4, 0.5) is 18.9 Å². The summed E-state index contributed by atoms with van der Waals surface area (Å²) < 4.78 is 45.3. The third-order valence-corrected chi connectivity index (χ3v) is 4.62. The lowest BCUT2D eigenvalue weighted by Gasteiger charge is -2.19. The lowest BCUT2D eigenvalue weighted by atomic mass is 10.0. The topological polar surface area (TPSA) is 66.8 Å². The fraction of sp³-hybridized carbons (Fsp3) is 0.300. The van der Waals surface area contributed by atoms with Gasteiger partial charge in [-0.2, -0.15) is 0 Å². The van der Waals surface area contributed by atoms with E-state index in [9.17, 15) is 22.8 Å². The van der Waals surface area contributed by atoms with E-state index < -0.39 is 38.0 Å². The Morgan fingerprint density at radius 1 is 1.14 bits per heavy atom. The minimum atomic E-state index is -1.12. The van der Waals surface area contributed by atoms with Crippen LogP contribution in [-0.4, -0.2) is 29.6 Å². The van der Waals surface area contributed by atoms with Crippen LogP contribution in [0.15, 0.2) is 36.4 Å². The van der Waals surface area contributed by atoms with E-state index in [0.29, 0.717) is 5.69 Å². The standard InChI is InChI=1S/C20H18F3NO4/c21-9-12-6-14(10-22)16(11-23)18(7-12)28-17-4-5-24(19(17)25)15-3-1-2-13(8-15)20(26)27/h1-3,6-8,17H,4-5,9-11H2,(H,26,27). The Kier molecular flexibility index (Phi) is 5.87. The molecule has 1 N–H and O–H groups in total. The van der Waals surface area contributed by atoms with Gasteiger partial charge in [-0.05, 0) is 41.5 Å². The highest BCUT2D eigenvalue weighted by Crippen LogP contribution is 2.31. The van der Waals surface area contributed by atoms with Gasteiger partial charge in [-0.25, -0.2) is 18.0 Å². The molecule has 1 fully saturated rings. The molecule has 0 bridgehead atoms. The number of rotatable bonds is 7. The van der Waals surface area contributed by atoms with E-state index in [1.54, 1.807) is 6.07 Å². The molecular formula is C20H18F3NO4. The fourth-order valence-electron chi connectivity index (χ4n) is 3.20. The number of alkyl halides is 3. The van der Waals surface area contributed by atoms with Crippen LogP contribution >= 0.6 is 0 Å². The number of halogens is 3. The number of amides is 1. The van der Waals surface area contributed by atoms with E-state index in [1.807, 2.05) is 0 Å². The first-order valence-corrected chi connectivity index (χ1v) is 8.62. The van der Waals surface area contributed by atoms with E-state index in [2.05, 4.69) is 0 Å². The van der Waals surface area contributed by atoms with Crippen molar-refractivity contribution >= 4 is 17.6 Å². The summed E-state index contributed by atoms with van der Waals surface area (Å²) in [6.45, 7) is -2.58. The van der Waals surface area contributed by atoms with Crippen molar-refractivity contribution in [2.75, 3.05) is 11.4 Å². The monoisotopic (exact) mass is 393 g/mol. The van der Waals surface area contributed by atoms with Crippen LogP contribution in [0.1, 0.15) is 33.5 Å². The van der Waals surface area contributed by atoms with Gasteiger partial charge in [0.15, 0.2) is 6.10 Å². The van der Waals surface area contributed by atoms with Crippen molar-refractivity contribution in [1.82, 2.24) is 0 Å². The summed E-state index contributed by atoms with van der Waals surface area (Å²) in [7, 11) is 0. The van der Waals surface area contributed by atoms with Crippen molar-refractivity contribution < 1.29 is 32.6 Å². The second-order valence-corrected chi connectivity index (χ2v) is 6.37. The number of aromatic carboxylic acids is 1. The second kappa shape index (κ2) is 8.33. The Bertz CT molecular complexity index is 903. The van der Waals surface area contributed by atoms with Gasteiger partial charge in [0.25, 0.3) is 5.91 Å². The maximum atomic E-state index is 13.4. The lowest BCUT2D eigenvalue weighted by molar-refractivity contribution is -0.122. The first-order valence-electron chi connectivity index (χ1n) is 8.62. The number of nitrogens with zero attached hydrogens (tertiary/aromatic N) is 1. The van der Waals surface area contributed by atoms with E-state index in [0.717, 1.165) is 0 Å². The summed E-state index contributed by atoms with van der Waals surface area (Å²) in [4.78, 5) is 25.2. The van der Waals surface area contributed by atoms with Crippen LogP contribution in [0.3, 0.4) is 0 Å². The Hall–Kier alpha value is -3.03. The number of carbonyl (C=O) groups excluding carboxylic acids is 1. The average molecular weight is 393 g/mol. The number of anilines is 1. The molecule has 5 nitrogen and oxygen atoms in total. The van der Waals surface area contributed by atoms with Crippen molar-refractivity contribution in [2.45, 2.75) is 32.5 Å². The fourth-order valence-corrected chi connectivity index (χ4v) is 3.20. The number of hydrogen-bond acceptors (Lipinski definition) is 3. The smallest absolute Gasteiger partial charge is 0.335 e. The Morgan fingerprint density at radius 3 is 2.57 bits per heavy atom. The quantitative estimate of drug-likeness (QED) is 0.773. The molecule has 28 heavy (non-hydrogen) atoms. The van der Waals surface area contributed by atoms with Crippen LogP contribution in [0, 0.1) is 0 Å². The van der Waals surface area contributed by atoms with Crippen LogP contribution in [0.25, 0.3) is 0 Å². The third-order valence-electron chi connectivity index (χ3n) is 4.62. The average Bonchev–Trinajstić information content (AvgIpc) is 3.07. The SMILES string of the molecule is O=C(O)c1cccc(N2CCC(Oc3cc(CF)cc(CF)c3CF)C2=O)c1. The highest BCUT2D eigenvalue weighted by Gasteiger charge is 2.35. The maximum Gasteiger partial charge on any atom is 0.335 e. The van der Waals surface area contributed by atoms with Gasteiger partial charge >= 0.3 is 5.97 Å². The summed E-state index contributed by atoms with van der Waals surface area (Å²) >= 11 is 0. The predicted octanol–water partition coefficient (Wildman–Crippen LogP) is 3.98. The first kappa shape index (κ1) is 19.7. The van der Waals surface area contributed by atoms with Gasteiger partial charge in [-0.3, -0.25) is 4.79 Å². The Balaban J connectivity index is 1.85. The Labute approximate surface area is 159 Å². The lowest BCUT2D eigenvalue weighted by Crippen LogP contribution is -2.32. The largest absolute Gasteiger partial charge is 0.480 e. The Morgan fingerprint density at radius 2 is 1.93 bits per heavy atom. The van der Waals surface area contributed by atoms with Crippen LogP contribution in [0.2, 0.25) is 0 Å². The summed E-state index contributed by atoms with van der Waals surface area (Å²) in [5.74, 6) is -1.60. The van der Waals surface area contributed by atoms with Crippen molar-refractivity contribution in [2.24, 2.45) is 0 Å². The highest BCUT2D eigenvalue weighted by molar-refractivity contribution is 6.00. The van der Waals surface area contributed by atoms with Crippen molar-refractivity contribution in [3.05, 3.63) is 58.7 Å². The zero-order chi connectivity index (χ0) is 20.3. The number of carboxylic acids is 1. The van der Waals surface area contributed by atoms with Gasteiger partial charge in [0.2, 0.25) is 0 Å². The molecule has 1 aliphatic heterocycles. The molecule has 3 rings (SSSR count). The summed E-state index contributed by atoms with van der Waals surface area (Å²) in [5, 5.41) is 9.10. The molecule has 0 aromatic heterocycles. The number of carbonyl (C=O) groups is 2. The minimum absolute atomic E-state index is 0.0101. The molecule has 2 aromatic carbocycles. The second-order valence-electron chi connectivity index (χ2n) is 6.37. The summed E-state index contributed by atoms with van der Waals surface area (Å²) in [6, 6.07) is 8.43. The van der Waals surface area contributed by atoms with Gasteiger partial charge in [0.1, 0.15) is 25.8 Å².